The Morgan fingerprint density at radius 3 is 1.81 bits per heavy atom. The number of benzene rings is 1. The van der Waals surface area contributed by atoms with Crippen molar-refractivity contribution in [3.05, 3.63) is 23.3 Å². The van der Waals surface area contributed by atoms with Crippen molar-refractivity contribution in [1.29, 1.82) is 0 Å². The lowest BCUT2D eigenvalue weighted by atomic mass is 10.1. The summed E-state index contributed by atoms with van der Waals surface area (Å²) < 4.78 is 15.6. The Morgan fingerprint density at radius 2 is 1.44 bits per heavy atom. The van der Waals surface area contributed by atoms with Crippen LogP contribution in [0.3, 0.4) is 0 Å². The Hall–Kier alpha value is -1.30. The maximum absolute atomic E-state index is 5.25. The third-order valence-corrected chi connectivity index (χ3v) is 2.22. The van der Waals surface area contributed by atoms with Crippen molar-refractivity contribution in [3.63, 3.8) is 0 Å². The summed E-state index contributed by atoms with van der Waals surface area (Å²) >= 11 is 0. The normalized spacial score (nSPS) is 10.2. The van der Waals surface area contributed by atoms with Crippen molar-refractivity contribution in [2.75, 3.05) is 21.3 Å². The topological polar surface area (TPSA) is 62.9 Å². The zero-order valence-electron chi connectivity index (χ0n) is 9.78. The lowest BCUT2D eigenvalue weighted by molar-refractivity contribution is 0.121. The van der Waals surface area contributed by atoms with E-state index < -0.39 is 0 Å². The summed E-state index contributed by atoms with van der Waals surface area (Å²) in [6.07, 6.45) is 0. The van der Waals surface area contributed by atoms with Crippen molar-refractivity contribution in [1.82, 2.24) is 0 Å². The van der Waals surface area contributed by atoms with E-state index in [-0.39, 0.29) is 6.61 Å². The first-order valence-electron chi connectivity index (χ1n) is 4.81. The second-order valence-electron chi connectivity index (χ2n) is 3.22. The van der Waals surface area contributed by atoms with E-state index in [1.165, 1.54) is 0 Å². The van der Waals surface area contributed by atoms with E-state index in [1.807, 2.05) is 12.1 Å². The van der Waals surface area contributed by atoms with Gasteiger partial charge in [0.1, 0.15) is 11.5 Å². The minimum atomic E-state index is 0.271. The van der Waals surface area contributed by atoms with Gasteiger partial charge in [0.05, 0.1) is 27.4 Å². The van der Waals surface area contributed by atoms with E-state index in [0.717, 1.165) is 16.9 Å². The Morgan fingerprint density at radius 1 is 0.938 bits per heavy atom. The first-order chi connectivity index (χ1) is 7.76. The molecule has 1 aromatic carbocycles. The van der Waals surface area contributed by atoms with Gasteiger partial charge in [0.15, 0.2) is 0 Å². The third kappa shape index (κ3) is 2.85. The molecule has 2 N–H and O–H groups in total. The largest absolute Gasteiger partial charge is 0.496 e. The SMILES string of the molecule is COCc1cc(OC)c(CON)cc1OC. The van der Waals surface area contributed by atoms with Gasteiger partial charge in [-0.1, -0.05) is 0 Å². The molecule has 0 bridgehead atoms. The van der Waals surface area contributed by atoms with Crippen LogP contribution in [0.4, 0.5) is 0 Å². The summed E-state index contributed by atoms with van der Waals surface area (Å²) in [5.41, 5.74) is 1.75. The lowest BCUT2D eigenvalue weighted by Gasteiger charge is -2.13. The summed E-state index contributed by atoms with van der Waals surface area (Å²) in [5.74, 6) is 6.49. The van der Waals surface area contributed by atoms with E-state index in [4.69, 9.17) is 20.1 Å². The predicted molar refractivity (Wildman–Crippen MR) is 59.2 cm³/mol. The van der Waals surface area contributed by atoms with Gasteiger partial charge < -0.3 is 14.2 Å². The predicted octanol–water partition coefficient (Wildman–Crippen LogP) is 1.24. The molecular weight excluding hydrogens is 210 g/mol. The molecule has 0 aliphatic carbocycles. The van der Waals surface area contributed by atoms with Gasteiger partial charge in [-0.3, -0.25) is 4.84 Å². The number of rotatable bonds is 6. The lowest BCUT2D eigenvalue weighted by Crippen LogP contribution is -2.03. The van der Waals surface area contributed by atoms with Crippen LogP contribution in [0.15, 0.2) is 12.1 Å². The molecule has 90 valence electrons. The van der Waals surface area contributed by atoms with Crippen molar-refractivity contribution in [2.24, 2.45) is 5.90 Å². The van der Waals surface area contributed by atoms with Gasteiger partial charge >= 0.3 is 0 Å². The number of hydrogen-bond donors (Lipinski definition) is 1. The Bertz CT molecular complexity index is 307. The maximum Gasteiger partial charge on any atom is 0.125 e. The Labute approximate surface area is 95.0 Å². The molecule has 0 unspecified atom stereocenters. The molecule has 1 aromatic rings. The van der Waals surface area contributed by atoms with Crippen molar-refractivity contribution in [3.8, 4) is 11.5 Å². The number of hydrogen-bond acceptors (Lipinski definition) is 5. The van der Waals surface area contributed by atoms with Crippen LogP contribution in [0, 0.1) is 0 Å². The van der Waals surface area contributed by atoms with E-state index in [0.29, 0.717) is 12.4 Å². The highest BCUT2D eigenvalue weighted by atomic mass is 16.6. The average molecular weight is 227 g/mol. The fourth-order valence-corrected chi connectivity index (χ4v) is 1.50. The smallest absolute Gasteiger partial charge is 0.125 e. The average Bonchev–Trinajstić information content (AvgIpc) is 2.31. The summed E-state index contributed by atoms with van der Waals surface area (Å²) in [4.78, 5) is 4.60. The molecule has 0 spiro atoms. The van der Waals surface area contributed by atoms with Crippen molar-refractivity contribution >= 4 is 0 Å². The van der Waals surface area contributed by atoms with Crippen LogP contribution in [0.5, 0.6) is 11.5 Å². The highest BCUT2D eigenvalue weighted by Gasteiger charge is 2.10. The van der Waals surface area contributed by atoms with Crippen molar-refractivity contribution < 1.29 is 19.0 Å². The molecule has 0 aromatic heterocycles. The fourth-order valence-electron chi connectivity index (χ4n) is 1.50. The van der Waals surface area contributed by atoms with Crippen LogP contribution < -0.4 is 15.4 Å². The molecule has 1 rings (SSSR count). The van der Waals surface area contributed by atoms with Crippen LogP contribution in [0.2, 0.25) is 0 Å². The first kappa shape index (κ1) is 12.8. The summed E-state index contributed by atoms with van der Waals surface area (Å²) in [5, 5.41) is 0. The maximum atomic E-state index is 5.25. The quantitative estimate of drug-likeness (QED) is 0.741. The van der Waals surface area contributed by atoms with E-state index in [2.05, 4.69) is 4.84 Å². The zero-order valence-corrected chi connectivity index (χ0v) is 9.78. The molecule has 0 saturated carbocycles. The zero-order chi connectivity index (χ0) is 12.0. The third-order valence-electron chi connectivity index (χ3n) is 2.22. The number of methoxy groups -OCH3 is 3. The van der Waals surface area contributed by atoms with Crippen LogP contribution in [0.1, 0.15) is 11.1 Å². The van der Waals surface area contributed by atoms with Gasteiger partial charge in [0.25, 0.3) is 0 Å². The second-order valence-corrected chi connectivity index (χ2v) is 3.22. The van der Waals surface area contributed by atoms with Crippen LogP contribution in [-0.4, -0.2) is 21.3 Å². The minimum Gasteiger partial charge on any atom is -0.496 e. The highest BCUT2D eigenvalue weighted by molar-refractivity contribution is 5.46. The molecule has 16 heavy (non-hydrogen) atoms. The molecule has 0 radical (unpaired) electrons. The van der Waals surface area contributed by atoms with Gasteiger partial charge in [-0.25, -0.2) is 5.90 Å². The van der Waals surface area contributed by atoms with Crippen LogP contribution >= 0.6 is 0 Å². The Kier molecular flexibility index (Phi) is 5.04. The second kappa shape index (κ2) is 6.32. The molecule has 0 atom stereocenters. The monoisotopic (exact) mass is 227 g/mol. The first-order valence-corrected chi connectivity index (χ1v) is 4.81. The highest BCUT2D eigenvalue weighted by Crippen LogP contribution is 2.29. The fraction of sp³-hybridized carbons (Fsp3) is 0.455. The van der Waals surface area contributed by atoms with Gasteiger partial charge in [0, 0.05) is 18.2 Å². The molecule has 0 aliphatic heterocycles. The minimum absolute atomic E-state index is 0.271. The van der Waals surface area contributed by atoms with E-state index >= 15 is 0 Å². The molecule has 0 aliphatic rings. The summed E-state index contributed by atoms with van der Waals surface area (Å²) in [6, 6.07) is 3.69. The number of ether oxygens (including phenoxy) is 3. The van der Waals surface area contributed by atoms with Gasteiger partial charge in [0.2, 0.25) is 0 Å². The van der Waals surface area contributed by atoms with E-state index in [1.54, 1.807) is 21.3 Å². The molecule has 0 fully saturated rings. The van der Waals surface area contributed by atoms with Crippen molar-refractivity contribution in [2.45, 2.75) is 13.2 Å². The van der Waals surface area contributed by atoms with Gasteiger partial charge in [-0.15, -0.1) is 0 Å². The van der Waals surface area contributed by atoms with Crippen LogP contribution in [-0.2, 0) is 22.8 Å². The summed E-state index contributed by atoms with van der Waals surface area (Å²) in [6.45, 7) is 0.732. The number of nitrogens with two attached hydrogens (primary N) is 1. The molecule has 5 heteroatoms. The molecule has 5 nitrogen and oxygen atoms in total. The van der Waals surface area contributed by atoms with E-state index in [9.17, 15) is 0 Å². The van der Waals surface area contributed by atoms with Gasteiger partial charge in [-0.2, -0.15) is 0 Å². The standard InChI is InChI=1S/C11H17NO4/c1-13-6-8-4-11(15-3)9(7-16-12)5-10(8)14-2/h4-5H,6-7,12H2,1-3H3. The van der Waals surface area contributed by atoms with Crippen LogP contribution in [0.25, 0.3) is 0 Å². The van der Waals surface area contributed by atoms with Gasteiger partial charge in [-0.05, 0) is 12.1 Å². The molecule has 0 saturated heterocycles. The molecule has 0 amide bonds. The Balaban J connectivity index is 3.11. The molecule has 0 heterocycles. The summed E-state index contributed by atoms with van der Waals surface area (Å²) in [7, 11) is 4.83. The molecular formula is C11H17NO4.